The van der Waals surface area contributed by atoms with E-state index < -0.39 is 10.7 Å². The number of hydrogen-bond acceptors (Lipinski definition) is 2. The molecular formula is C10H14ClN4OS+. The molecule has 0 aliphatic carbocycles. The summed E-state index contributed by atoms with van der Waals surface area (Å²) in [5.74, 6) is 5.93. The van der Waals surface area contributed by atoms with E-state index in [2.05, 4.69) is 9.59 Å². The zero-order valence-corrected chi connectivity index (χ0v) is 11.1. The van der Waals surface area contributed by atoms with Crippen molar-refractivity contribution in [2.75, 3.05) is 5.84 Å². The summed E-state index contributed by atoms with van der Waals surface area (Å²) >= 11 is 5.91. The molecule has 0 fully saturated rings. The molecule has 0 saturated heterocycles. The standard InChI is InChI=1S/C10H13ClN4OS/c1-6-3-8(4-7(2)10(6)16)17-5-9(11)13-15(12)14-17/h3-5,13-14H,12H2,1-2H3/p+1. The van der Waals surface area contributed by atoms with Crippen LogP contribution in [0.25, 0.3) is 4.90 Å². The third kappa shape index (κ3) is 2.42. The molecule has 2 rings (SSSR count). The highest BCUT2D eigenvalue weighted by atomic mass is 35.5. The van der Waals surface area contributed by atoms with E-state index in [9.17, 15) is 5.11 Å². The lowest BCUT2D eigenvalue weighted by Gasteiger charge is -2.04. The van der Waals surface area contributed by atoms with Crippen molar-refractivity contribution in [2.24, 2.45) is 0 Å². The van der Waals surface area contributed by atoms with Crippen molar-refractivity contribution in [2.45, 2.75) is 13.8 Å². The summed E-state index contributed by atoms with van der Waals surface area (Å²) in [5.41, 5.74) is 1.67. The topological polar surface area (TPSA) is 82.8 Å². The van der Waals surface area contributed by atoms with Crippen LogP contribution in [-0.4, -0.2) is 19.6 Å². The van der Waals surface area contributed by atoms with Crippen LogP contribution < -0.4 is 5.84 Å². The molecule has 1 atom stereocenters. The number of H-pyrrole nitrogens is 2. The van der Waals surface area contributed by atoms with Crippen molar-refractivity contribution < 1.29 is 5.11 Å². The Morgan fingerprint density at radius 3 is 2.47 bits per heavy atom. The summed E-state index contributed by atoms with van der Waals surface area (Å²) in [6, 6.07) is 3.83. The number of nitrogens with one attached hydrogen (secondary N) is 2. The second-order valence-electron chi connectivity index (χ2n) is 3.78. The molecule has 0 saturated carbocycles. The largest absolute Gasteiger partial charge is 0.507 e. The van der Waals surface area contributed by atoms with Gasteiger partial charge in [0, 0.05) is 12.1 Å². The molecule has 17 heavy (non-hydrogen) atoms. The third-order valence-corrected chi connectivity index (χ3v) is 4.30. The molecule has 0 spiro atoms. The number of nitrogens with zero attached hydrogens (tertiary/aromatic N) is 1. The molecular weight excluding hydrogens is 260 g/mol. The first-order valence-corrected chi connectivity index (χ1v) is 6.62. The molecule has 0 radical (unpaired) electrons. The number of aromatic amines is 2. The summed E-state index contributed by atoms with van der Waals surface area (Å²) in [7, 11) is -0.414. The SMILES string of the molecule is Cc1cc(-[s+]2cc(Cl)[nH]n(N)[nH]2)cc(C)c1O. The van der Waals surface area contributed by atoms with Gasteiger partial charge in [0.25, 0.3) is 0 Å². The van der Waals surface area contributed by atoms with E-state index in [0.29, 0.717) is 10.9 Å². The van der Waals surface area contributed by atoms with Crippen molar-refractivity contribution in [1.82, 2.24) is 14.5 Å². The molecule has 0 amide bonds. The van der Waals surface area contributed by atoms with Crippen molar-refractivity contribution in [1.29, 1.82) is 0 Å². The maximum absolute atomic E-state index is 9.73. The van der Waals surface area contributed by atoms with Gasteiger partial charge in [0.05, 0.1) is 0 Å². The predicted molar refractivity (Wildman–Crippen MR) is 70.9 cm³/mol. The van der Waals surface area contributed by atoms with Crippen LogP contribution in [-0.2, 0) is 0 Å². The number of hydrogen-bond donors (Lipinski definition) is 4. The Morgan fingerprint density at radius 2 is 1.94 bits per heavy atom. The fourth-order valence-corrected chi connectivity index (χ4v) is 3.34. The van der Waals surface area contributed by atoms with Gasteiger partial charge in [-0.1, -0.05) is 21.0 Å². The highest BCUT2D eigenvalue weighted by Gasteiger charge is 2.14. The summed E-state index contributed by atoms with van der Waals surface area (Å²) in [5, 5.41) is 14.7. The molecule has 1 aromatic carbocycles. The van der Waals surface area contributed by atoms with Crippen LogP contribution in [0.5, 0.6) is 5.75 Å². The Kier molecular flexibility index (Phi) is 3.08. The van der Waals surface area contributed by atoms with Crippen molar-refractivity contribution in [3.63, 3.8) is 0 Å². The van der Waals surface area contributed by atoms with Crippen LogP contribution in [0.1, 0.15) is 11.1 Å². The van der Waals surface area contributed by atoms with E-state index in [4.69, 9.17) is 17.4 Å². The summed E-state index contributed by atoms with van der Waals surface area (Å²) < 4.78 is 3.02. The van der Waals surface area contributed by atoms with E-state index in [-0.39, 0.29) is 0 Å². The van der Waals surface area contributed by atoms with Crippen molar-refractivity contribution in [3.8, 4) is 10.6 Å². The predicted octanol–water partition coefficient (Wildman–Crippen LogP) is 2.70. The average Bonchev–Trinajstić information content (AvgIpc) is 2.23. The number of aryl methyl sites for hydroxylation is 2. The van der Waals surface area contributed by atoms with Gasteiger partial charge < -0.3 is 10.9 Å². The monoisotopic (exact) mass is 273 g/mol. The van der Waals surface area contributed by atoms with Gasteiger partial charge in [-0.25, -0.2) is 5.10 Å². The highest BCUT2D eigenvalue weighted by molar-refractivity contribution is 7.33. The number of benzene rings is 1. The maximum atomic E-state index is 9.73. The van der Waals surface area contributed by atoms with Crippen LogP contribution >= 0.6 is 22.3 Å². The van der Waals surface area contributed by atoms with Crippen LogP contribution in [0.15, 0.2) is 17.5 Å². The van der Waals surface area contributed by atoms with Crippen molar-refractivity contribution in [3.05, 3.63) is 33.8 Å². The third-order valence-electron chi connectivity index (χ3n) is 2.36. The lowest BCUT2D eigenvalue weighted by molar-refractivity contribution is 0.467. The van der Waals surface area contributed by atoms with Gasteiger partial charge in [-0.05, 0) is 25.0 Å². The number of halogens is 1. The van der Waals surface area contributed by atoms with Gasteiger partial charge in [0.15, 0.2) is 5.15 Å². The van der Waals surface area contributed by atoms with Gasteiger partial charge in [-0.15, -0.1) is 0 Å². The number of rotatable bonds is 1. The second-order valence-corrected chi connectivity index (χ2v) is 5.75. The normalized spacial score (nSPS) is 11.6. The van der Waals surface area contributed by atoms with Gasteiger partial charge in [0.1, 0.15) is 16.4 Å². The average molecular weight is 274 g/mol. The molecule has 1 unspecified atom stereocenters. The van der Waals surface area contributed by atoms with E-state index in [1.165, 1.54) is 4.91 Å². The summed E-state index contributed by atoms with van der Waals surface area (Å²) in [6.45, 7) is 3.73. The Balaban J connectivity index is 2.60. The number of phenolic OH excluding ortho intramolecular Hbond substituents is 1. The Bertz CT molecular complexity index is 547. The fraction of sp³-hybridized carbons (Fsp3) is 0.200. The zero-order chi connectivity index (χ0) is 12.6. The quantitative estimate of drug-likeness (QED) is 0.476. The number of nitrogens with two attached hydrogens (primary N) is 1. The van der Waals surface area contributed by atoms with E-state index in [0.717, 1.165) is 16.0 Å². The number of aromatic nitrogens is 3. The molecule has 1 aromatic heterocycles. The molecule has 2 aromatic rings. The number of phenols is 1. The molecule has 0 aliphatic rings. The first kappa shape index (κ1) is 11.9. The lowest BCUT2D eigenvalue weighted by atomic mass is 10.1. The van der Waals surface area contributed by atoms with Crippen molar-refractivity contribution >= 4 is 22.3 Å². The van der Waals surface area contributed by atoms with Gasteiger partial charge in [0.2, 0.25) is 10.3 Å². The Hall–Kier alpha value is -1.53. The molecule has 7 heteroatoms. The van der Waals surface area contributed by atoms with Crippen LogP contribution in [0, 0.1) is 13.8 Å². The van der Waals surface area contributed by atoms with Crippen LogP contribution in [0.2, 0.25) is 5.15 Å². The van der Waals surface area contributed by atoms with E-state index >= 15 is 0 Å². The first-order valence-electron chi connectivity index (χ1n) is 4.96. The fourth-order valence-electron chi connectivity index (χ4n) is 1.56. The van der Waals surface area contributed by atoms with Gasteiger partial charge >= 0.3 is 0 Å². The van der Waals surface area contributed by atoms with Crippen LogP contribution in [0.3, 0.4) is 0 Å². The van der Waals surface area contributed by atoms with Gasteiger partial charge in [-0.2, -0.15) is 0 Å². The minimum atomic E-state index is -0.414. The van der Waals surface area contributed by atoms with E-state index in [1.54, 1.807) is 0 Å². The summed E-state index contributed by atoms with van der Waals surface area (Å²) in [4.78, 5) is 2.25. The highest BCUT2D eigenvalue weighted by Crippen LogP contribution is 2.33. The van der Waals surface area contributed by atoms with E-state index in [1.807, 2.05) is 31.4 Å². The molecule has 5 nitrogen and oxygen atoms in total. The second kappa shape index (κ2) is 4.38. The molecule has 92 valence electrons. The number of aromatic hydroxyl groups is 1. The lowest BCUT2D eigenvalue weighted by Crippen LogP contribution is -2.16. The Morgan fingerprint density at radius 1 is 1.35 bits per heavy atom. The minimum absolute atomic E-state index is 0.326. The molecule has 1 heterocycles. The molecule has 5 N–H and O–H groups in total. The molecule has 0 bridgehead atoms. The van der Waals surface area contributed by atoms with Crippen LogP contribution in [0.4, 0.5) is 0 Å². The number of nitrogen functional groups attached to an aromatic ring is 1. The Labute approximate surface area is 106 Å². The van der Waals surface area contributed by atoms with Gasteiger partial charge in [-0.3, -0.25) is 0 Å². The zero-order valence-electron chi connectivity index (χ0n) is 9.49. The molecule has 0 aliphatic heterocycles. The first-order chi connectivity index (χ1) is 7.97. The smallest absolute Gasteiger partial charge is 0.204 e. The summed E-state index contributed by atoms with van der Waals surface area (Å²) in [6.07, 6.45) is 0. The maximum Gasteiger partial charge on any atom is 0.204 e. The minimum Gasteiger partial charge on any atom is -0.507 e.